The zero-order valence-electron chi connectivity index (χ0n) is 17.6. The van der Waals surface area contributed by atoms with Crippen molar-refractivity contribution < 1.29 is 29.4 Å². The fourth-order valence-corrected chi connectivity index (χ4v) is 2.48. The van der Waals surface area contributed by atoms with E-state index in [1.165, 1.54) is 0 Å². The number of hydrogen-bond donors (Lipinski definition) is 5. The van der Waals surface area contributed by atoms with Crippen LogP contribution in [0.4, 0.5) is 9.59 Å². The molecule has 0 saturated carbocycles. The minimum Gasteiger partial charge on any atom is -0.445 e. The highest BCUT2D eigenvalue weighted by atomic mass is 16.6. The number of unbranched alkanes of at least 4 members (excludes halogenated alkanes) is 1. The molecule has 0 aromatic heterocycles. The molecule has 1 aromatic carbocycles. The van der Waals surface area contributed by atoms with E-state index in [0.29, 0.717) is 25.8 Å². The van der Waals surface area contributed by atoms with Gasteiger partial charge in [-0.2, -0.15) is 0 Å². The van der Waals surface area contributed by atoms with Gasteiger partial charge in [-0.15, -0.1) is 0 Å². The Bertz CT molecular complexity index is 690. The normalized spacial score (nSPS) is 13.8. The molecule has 0 fully saturated rings. The molecule has 0 aliphatic heterocycles. The van der Waals surface area contributed by atoms with Crippen LogP contribution in [-0.4, -0.2) is 52.6 Å². The fourth-order valence-electron chi connectivity index (χ4n) is 2.48. The third-order valence-electron chi connectivity index (χ3n) is 3.93. The number of amides is 2. The summed E-state index contributed by atoms with van der Waals surface area (Å²) in [5.74, 6) is -0.421. The summed E-state index contributed by atoms with van der Waals surface area (Å²) in [4.78, 5) is 23.7. The number of ether oxygens (including phenoxy) is 2. The molecule has 2 atom stereocenters. The largest absolute Gasteiger partial charge is 0.445 e. The van der Waals surface area contributed by atoms with E-state index in [2.05, 4.69) is 15.8 Å². The van der Waals surface area contributed by atoms with Gasteiger partial charge >= 0.3 is 12.2 Å². The lowest BCUT2D eigenvalue weighted by molar-refractivity contribution is 0.0526. The smallest absolute Gasteiger partial charge is 0.407 e. The van der Waals surface area contributed by atoms with E-state index in [-0.39, 0.29) is 6.61 Å². The molecule has 10 heteroatoms. The number of benzene rings is 1. The summed E-state index contributed by atoms with van der Waals surface area (Å²) < 4.78 is 10.3. The van der Waals surface area contributed by atoms with Crippen molar-refractivity contribution in [1.82, 2.24) is 10.6 Å². The topological polar surface area (TPSA) is 156 Å². The minimum absolute atomic E-state index is 0.0683. The average molecular weight is 424 g/mol. The summed E-state index contributed by atoms with van der Waals surface area (Å²) in [6.45, 7) is 5.75. The summed E-state index contributed by atoms with van der Waals surface area (Å²) in [7, 11) is 0. The maximum atomic E-state index is 12.1. The molecule has 0 saturated heterocycles. The van der Waals surface area contributed by atoms with Gasteiger partial charge in [0, 0.05) is 6.54 Å². The Morgan fingerprint density at radius 3 is 2.43 bits per heavy atom. The van der Waals surface area contributed by atoms with Crippen LogP contribution in [0.25, 0.3) is 0 Å². The third kappa shape index (κ3) is 10.5. The second-order valence-corrected chi connectivity index (χ2v) is 7.71. The quantitative estimate of drug-likeness (QED) is 0.127. The van der Waals surface area contributed by atoms with Crippen LogP contribution in [0.5, 0.6) is 0 Å². The van der Waals surface area contributed by atoms with E-state index >= 15 is 0 Å². The molecule has 1 rings (SSSR count). The highest BCUT2D eigenvalue weighted by Gasteiger charge is 2.25. The number of carbonyl (C=O) groups is 2. The van der Waals surface area contributed by atoms with Crippen LogP contribution in [0.3, 0.4) is 0 Å². The Hall–Kier alpha value is -3.01. The molecule has 1 aromatic rings. The Labute approximate surface area is 176 Å². The monoisotopic (exact) mass is 424 g/mol. The van der Waals surface area contributed by atoms with Gasteiger partial charge in [0.25, 0.3) is 0 Å². The van der Waals surface area contributed by atoms with Gasteiger partial charge in [-0.25, -0.2) is 9.59 Å². The number of carbonyl (C=O) groups excluding carboxylic acids is 2. The lowest BCUT2D eigenvalue weighted by atomic mass is 10.0. The van der Waals surface area contributed by atoms with Crippen LogP contribution >= 0.6 is 0 Å². The van der Waals surface area contributed by atoms with Crippen LogP contribution < -0.4 is 16.4 Å². The molecule has 0 radical (unpaired) electrons. The average Bonchev–Trinajstić information content (AvgIpc) is 2.69. The van der Waals surface area contributed by atoms with Crippen molar-refractivity contribution in [2.75, 3.05) is 6.54 Å². The standard InChI is InChI=1S/C20H32N4O6/c1-20(2,3)30-18(26)22-12-8-7-11-15(16(25)17(21)24-28)23-19(27)29-13-14-9-5-4-6-10-14/h4-6,9-10,15-16,25,28H,7-8,11-13H2,1-3H3,(H2,21,24)(H,22,26)(H,23,27)/t15-,16?/m0/s1. The fraction of sp³-hybridized carbons (Fsp3) is 0.550. The molecule has 0 aliphatic carbocycles. The molecular formula is C20H32N4O6. The minimum atomic E-state index is -1.39. The summed E-state index contributed by atoms with van der Waals surface area (Å²) in [6, 6.07) is 8.30. The van der Waals surface area contributed by atoms with Crippen LogP contribution in [0.1, 0.15) is 45.6 Å². The zero-order valence-corrected chi connectivity index (χ0v) is 17.6. The number of nitrogens with one attached hydrogen (secondary N) is 2. The molecule has 168 valence electrons. The first-order valence-electron chi connectivity index (χ1n) is 9.72. The maximum Gasteiger partial charge on any atom is 0.407 e. The molecule has 1 unspecified atom stereocenters. The van der Waals surface area contributed by atoms with Gasteiger partial charge in [0.1, 0.15) is 18.3 Å². The first-order valence-corrected chi connectivity index (χ1v) is 9.72. The van der Waals surface area contributed by atoms with Gasteiger partial charge in [0.2, 0.25) is 0 Å². The summed E-state index contributed by atoms with van der Waals surface area (Å²) in [5.41, 5.74) is 5.71. The second kappa shape index (κ2) is 12.5. The lowest BCUT2D eigenvalue weighted by Gasteiger charge is -2.23. The van der Waals surface area contributed by atoms with Gasteiger partial charge in [-0.3, -0.25) is 0 Å². The molecule has 30 heavy (non-hydrogen) atoms. The van der Waals surface area contributed by atoms with E-state index in [9.17, 15) is 14.7 Å². The summed E-state index contributed by atoms with van der Waals surface area (Å²) >= 11 is 0. The van der Waals surface area contributed by atoms with Crippen LogP contribution in [-0.2, 0) is 16.1 Å². The lowest BCUT2D eigenvalue weighted by Crippen LogP contribution is -2.49. The third-order valence-corrected chi connectivity index (χ3v) is 3.93. The summed E-state index contributed by atoms with van der Waals surface area (Å²) in [6.07, 6.45) is -1.22. The molecule has 0 heterocycles. The number of hydrogen-bond acceptors (Lipinski definition) is 7. The van der Waals surface area contributed by atoms with Gasteiger partial charge in [0.15, 0.2) is 5.84 Å². The molecule has 10 nitrogen and oxygen atoms in total. The van der Waals surface area contributed by atoms with Crippen molar-refractivity contribution in [2.45, 2.75) is 64.4 Å². The van der Waals surface area contributed by atoms with Crippen molar-refractivity contribution in [3.8, 4) is 0 Å². The zero-order chi connectivity index (χ0) is 22.6. The number of amidine groups is 1. The Morgan fingerprint density at radius 2 is 1.83 bits per heavy atom. The molecule has 0 bridgehead atoms. The van der Waals surface area contributed by atoms with E-state index in [0.717, 1.165) is 5.56 Å². The number of nitrogens with two attached hydrogens (primary N) is 1. The molecule has 6 N–H and O–H groups in total. The number of rotatable bonds is 10. The van der Waals surface area contributed by atoms with Crippen molar-refractivity contribution in [1.29, 1.82) is 0 Å². The Balaban J connectivity index is 2.47. The van der Waals surface area contributed by atoms with Crippen molar-refractivity contribution in [3.63, 3.8) is 0 Å². The van der Waals surface area contributed by atoms with Gasteiger partial charge in [-0.1, -0.05) is 35.5 Å². The highest BCUT2D eigenvalue weighted by Crippen LogP contribution is 2.09. The van der Waals surface area contributed by atoms with E-state index < -0.39 is 35.8 Å². The van der Waals surface area contributed by atoms with Crippen molar-refractivity contribution in [3.05, 3.63) is 35.9 Å². The number of oxime groups is 1. The van der Waals surface area contributed by atoms with Gasteiger partial charge in [0.05, 0.1) is 6.04 Å². The van der Waals surface area contributed by atoms with E-state index in [4.69, 9.17) is 20.4 Å². The van der Waals surface area contributed by atoms with Crippen LogP contribution in [0.15, 0.2) is 35.5 Å². The number of aliphatic hydroxyl groups excluding tert-OH is 1. The Morgan fingerprint density at radius 1 is 1.17 bits per heavy atom. The molecule has 0 spiro atoms. The van der Waals surface area contributed by atoms with E-state index in [1.54, 1.807) is 20.8 Å². The van der Waals surface area contributed by atoms with E-state index in [1.807, 2.05) is 30.3 Å². The van der Waals surface area contributed by atoms with Crippen LogP contribution in [0.2, 0.25) is 0 Å². The maximum absolute atomic E-state index is 12.1. The van der Waals surface area contributed by atoms with Gasteiger partial charge in [-0.05, 0) is 45.6 Å². The number of nitrogens with zero attached hydrogens (tertiary/aromatic N) is 1. The predicted octanol–water partition coefficient (Wildman–Crippen LogP) is 2.08. The molecular weight excluding hydrogens is 392 g/mol. The summed E-state index contributed by atoms with van der Waals surface area (Å²) in [5, 5.41) is 27.0. The first kappa shape index (κ1) is 25.0. The van der Waals surface area contributed by atoms with Gasteiger partial charge < -0.3 is 36.2 Å². The first-order chi connectivity index (χ1) is 14.1. The molecule has 2 amide bonds. The Kier molecular flexibility index (Phi) is 10.5. The van der Waals surface area contributed by atoms with Crippen LogP contribution in [0, 0.1) is 0 Å². The SMILES string of the molecule is CC(C)(C)OC(=O)NCCCC[C@H](NC(=O)OCc1ccccc1)C(O)/C(N)=N/O. The highest BCUT2D eigenvalue weighted by molar-refractivity contribution is 5.85. The number of aliphatic hydroxyl groups is 1. The van der Waals surface area contributed by atoms with Crippen molar-refractivity contribution >= 4 is 18.0 Å². The van der Waals surface area contributed by atoms with Crippen molar-refractivity contribution in [2.24, 2.45) is 10.9 Å². The number of alkyl carbamates (subject to hydrolysis) is 2. The predicted molar refractivity (Wildman–Crippen MR) is 111 cm³/mol. The molecule has 0 aliphatic rings. The second-order valence-electron chi connectivity index (χ2n) is 7.71.